The van der Waals surface area contributed by atoms with Crippen molar-refractivity contribution in [1.82, 2.24) is 10.3 Å². The van der Waals surface area contributed by atoms with Gasteiger partial charge in [-0.2, -0.15) is 0 Å². The maximum atomic E-state index is 12.3. The first-order chi connectivity index (χ1) is 11.7. The lowest BCUT2D eigenvalue weighted by Crippen LogP contribution is -2.22. The normalized spacial score (nSPS) is 11.0. The molecule has 1 N–H and O–H groups in total. The highest BCUT2D eigenvalue weighted by molar-refractivity contribution is 7.15. The number of nitrogens with one attached hydrogen (secondary N) is 1. The average Bonchev–Trinajstić information content (AvgIpc) is 3.31. The highest BCUT2D eigenvalue weighted by atomic mass is 32.1. The minimum absolute atomic E-state index is 0.237. The Morgan fingerprint density at radius 3 is 2.92 bits per heavy atom. The van der Waals surface area contributed by atoms with Gasteiger partial charge in [-0.05, 0) is 31.2 Å². The molecule has 1 amide bonds. The Hall–Kier alpha value is -2.86. The Morgan fingerprint density at radius 1 is 1.25 bits per heavy atom. The maximum absolute atomic E-state index is 12.3. The lowest BCUT2D eigenvalue weighted by molar-refractivity contribution is 0.0925. The molecule has 0 aliphatic heterocycles. The topological polar surface area (TPSA) is 68.3 Å². The number of carbonyl (C=O) groups excluding carboxylic acids is 1. The Morgan fingerprint density at radius 2 is 2.12 bits per heavy atom. The van der Waals surface area contributed by atoms with Gasteiger partial charge in [0.05, 0.1) is 18.5 Å². The van der Waals surface area contributed by atoms with E-state index in [-0.39, 0.29) is 5.91 Å². The third-order valence-corrected chi connectivity index (χ3v) is 4.86. The van der Waals surface area contributed by atoms with Gasteiger partial charge in [-0.1, -0.05) is 18.2 Å². The highest BCUT2D eigenvalue weighted by Crippen LogP contribution is 2.28. The first-order valence-corrected chi connectivity index (χ1v) is 8.29. The molecule has 4 aromatic rings. The zero-order valence-corrected chi connectivity index (χ0v) is 13.7. The summed E-state index contributed by atoms with van der Waals surface area (Å²) in [6.07, 6.45) is 1.62. The van der Waals surface area contributed by atoms with Gasteiger partial charge in [0.25, 0.3) is 5.91 Å². The van der Waals surface area contributed by atoms with Crippen LogP contribution in [-0.4, -0.2) is 10.9 Å². The van der Waals surface area contributed by atoms with Gasteiger partial charge < -0.3 is 14.2 Å². The predicted molar refractivity (Wildman–Crippen MR) is 91.9 cm³/mol. The van der Waals surface area contributed by atoms with E-state index < -0.39 is 0 Å². The van der Waals surface area contributed by atoms with E-state index in [4.69, 9.17) is 8.83 Å². The van der Waals surface area contributed by atoms with E-state index in [1.165, 1.54) is 11.3 Å². The zero-order chi connectivity index (χ0) is 16.5. The van der Waals surface area contributed by atoms with Gasteiger partial charge in [0.2, 0.25) is 0 Å². The largest absolute Gasteiger partial charge is 0.462 e. The monoisotopic (exact) mass is 338 g/mol. The summed E-state index contributed by atoms with van der Waals surface area (Å²) >= 11 is 1.51. The summed E-state index contributed by atoms with van der Waals surface area (Å²) in [6, 6.07) is 13.0. The zero-order valence-electron chi connectivity index (χ0n) is 12.9. The minimum atomic E-state index is -0.237. The van der Waals surface area contributed by atoms with Crippen LogP contribution in [0, 0.1) is 6.92 Å². The minimum Gasteiger partial charge on any atom is -0.462 e. The van der Waals surface area contributed by atoms with Crippen molar-refractivity contribution in [2.75, 3.05) is 0 Å². The first-order valence-electron chi connectivity index (χ1n) is 7.47. The van der Waals surface area contributed by atoms with Crippen molar-refractivity contribution in [3.8, 4) is 10.8 Å². The number of hydrogen-bond donors (Lipinski definition) is 1. The number of fused-ring (bicyclic) bond motifs is 1. The number of hydrogen-bond acceptors (Lipinski definition) is 5. The van der Waals surface area contributed by atoms with Gasteiger partial charge in [0, 0.05) is 10.3 Å². The van der Waals surface area contributed by atoms with E-state index in [2.05, 4.69) is 10.3 Å². The smallest absolute Gasteiger partial charge is 0.287 e. The Balaban J connectivity index is 1.49. The van der Waals surface area contributed by atoms with Gasteiger partial charge in [-0.25, -0.2) is 4.98 Å². The van der Waals surface area contributed by atoms with E-state index in [0.29, 0.717) is 17.9 Å². The fourth-order valence-corrected chi connectivity index (χ4v) is 3.41. The second kappa shape index (κ2) is 5.98. The lowest BCUT2D eigenvalue weighted by atomic mass is 10.2. The molecule has 3 heterocycles. The van der Waals surface area contributed by atoms with Gasteiger partial charge in [-0.3, -0.25) is 4.79 Å². The van der Waals surface area contributed by atoms with Crippen LogP contribution in [0.3, 0.4) is 0 Å². The quantitative estimate of drug-likeness (QED) is 0.599. The molecule has 0 unspecified atom stereocenters. The van der Waals surface area contributed by atoms with Crippen molar-refractivity contribution in [3.05, 3.63) is 65.1 Å². The molecule has 0 aliphatic carbocycles. The molecule has 120 valence electrons. The standard InChI is InChI=1S/C18H14N2O3S/c1-11-16(24-18(20-11)14-7-4-8-22-14)10-19-17(21)15-9-12-5-2-3-6-13(12)23-15/h2-9H,10H2,1H3,(H,19,21). The molecular formula is C18H14N2O3S. The van der Waals surface area contributed by atoms with Crippen molar-refractivity contribution >= 4 is 28.2 Å². The van der Waals surface area contributed by atoms with E-state index >= 15 is 0 Å². The molecule has 0 aliphatic rings. The Kier molecular flexibility index (Phi) is 3.66. The molecule has 0 fully saturated rings. The number of para-hydroxylation sites is 1. The maximum Gasteiger partial charge on any atom is 0.287 e. The number of nitrogens with zero attached hydrogens (tertiary/aromatic N) is 1. The van der Waals surface area contributed by atoms with Gasteiger partial charge in [0.15, 0.2) is 16.5 Å². The lowest BCUT2D eigenvalue weighted by Gasteiger charge is -2.01. The van der Waals surface area contributed by atoms with Crippen molar-refractivity contribution in [2.24, 2.45) is 0 Å². The molecular weight excluding hydrogens is 324 g/mol. The molecule has 0 bridgehead atoms. The van der Waals surface area contributed by atoms with Crippen LogP contribution < -0.4 is 5.32 Å². The van der Waals surface area contributed by atoms with Crippen molar-refractivity contribution in [1.29, 1.82) is 0 Å². The summed E-state index contributed by atoms with van der Waals surface area (Å²) in [6.45, 7) is 2.33. The first kappa shape index (κ1) is 14.7. The summed E-state index contributed by atoms with van der Waals surface area (Å²) in [5.41, 5.74) is 1.59. The van der Waals surface area contributed by atoms with E-state index in [0.717, 1.165) is 26.7 Å². The van der Waals surface area contributed by atoms with Crippen LogP contribution in [0.2, 0.25) is 0 Å². The van der Waals surface area contributed by atoms with Crippen LogP contribution in [0.5, 0.6) is 0 Å². The second-order valence-corrected chi connectivity index (χ2v) is 6.42. The molecule has 0 radical (unpaired) electrons. The fraction of sp³-hybridized carbons (Fsp3) is 0.111. The number of aryl methyl sites for hydroxylation is 1. The van der Waals surface area contributed by atoms with E-state index in [1.54, 1.807) is 12.3 Å². The number of furan rings is 2. The van der Waals surface area contributed by atoms with Crippen LogP contribution in [0.15, 0.2) is 57.6 Å². The molecule has 3 aromatic heterocycles. The fourth-order valence-electron chi connectivity index (χ4n) is 2.44. The third-order valence-electron chi connectivity index (χ3n) is 3.68. The van der Waals surface area contributed by atoms with Crippen LogP contribution >= 0.6 is 11.3 Å². The van der Waals surface area contributed by atoms with Gasteiger partial charge >= 0.3 is 0 Å². The molecule has 0 saturated carbocycles. The number of carbonyl (C=O) groups is 1. The van der Waals surface area contributed by atoms with Crippen molar-refractivity contribution in [2.45, 2.75) is 13.5 Å². The highest BCUT2D eigenvalue weighted by Gasteiger charge is 2.15. The SMILES string of the molecule is Cc1nc(-c2ccco2)sc1CNC(=O)c1cc2ccccc2o1. The van der Waals surface area contributed by atoms with Crippen molar-refractivity contribution < 1.29 is 13.6 Å². The molecule has 6 heteroatoms. The molecule has 1 aromatic carbocycles. The van der Waals surface area contributed by atoms with E-state index in [9.17, 15) is 4.79 Å². The second-order valence-electron chi connectivity index (χ2n) is 5.34. The molecule has 4 rings (SSSR count). The summed E-state index contributed by atoms with van der Waals surface area (Å²) in [4.78, 5) is 17.8. The molecule has 0 spiro atoms. The third kappa shape index (κ3) is 2.72. The molecule has 24 heavy (non-hydrogen) atoms. The summed E-state index contributed by atoms with van der Waals surface area (Å²) in [5, 5.41) is 4.61. The van der Waals surface area contributed by atoms with Gasteiger partial charge in [0.1, 0.15) is 5.58 Å². The van der Waals surface area contributed by atoms with Crippen LogP contribution in [0.1, 0.15) is 21.1 Å². The summed E-state index contributed by atoms with van der Waals surface area (Å²) in [7, 11) is 0. The van der Waals surface area contributed by atoms with Crippen molar-refractivity contribution in [3.63, 3.8) is 0 Å². The van der Waals surface area contributed by atoms with Crippen LogP contribution in [0.25, 0.3) is 21.7 Å². The molecule has 5 nitrogen and oxygen atoms in total. The Labute approximate surface area is 141 Å². The molecule has 0 atom stereocenters. The number of amides is 1. The summed E-state index contributed by atoms with van der Waals surface area (Å²) < 4.78 is 10.9. The average molecular weight is 338 g/mol. The number of aromatic nitrogens is 1. The van der Waals surface area contributed by atoms with E-state index in [1.807, 2.05) is 43.3 Å². The van der Waals surface area contributed by atoms with Gasteiger partial charge in [-0.15, -0.1) is 11.3 Å². The number of rotatable bonds is 4. The summed E-state index contributed by atoms with van der Waals surface area (Å²) in [5.74, 6) is 0.807. The Bertz CT molecular complexity index is 966. The van der Waals surface area contributed by atoms with Crippen LogP contribution in [0.4, 0.5) is 0 Å². The molecule has 0 saturated heterocycles. The predicted octanol–water partition coefficient (Wildman–Crippen LogP) is 4.39. The number of thiazole rings is 1. The van der Waals surface area contributed by atoms with Crippen LogP contribution in [-0.2, 0) is 6.54 Å². The number of benzene rings is 1.